The highest BCUT2D eigenvalue weighted by molar-refractivity contribution is 5.88. The van der Waals surface area contributed by atoms with Gasteiger partial charge in [0, 0.05) is 25.7 Å². The number of anilines is 1. The van der Waals surface area contributed by atoms with Crippen molar-refractivity contribution in [3.63, 3.8) is 0 Å². The molecule has 1 aromatic carbocycles. The smallest absolute Gasteiger partial charge is 0.228 e. The largest absolute Gasteiger partial charge is 0.356 e. The van der Waals surface area contributed by atoms with Crippen LogP contribution in [0.4, 0.5) is 5.82 Å². The molecular weight excluding hydrogens is 352 g/mol. The molecule has 7 heteroatoms. The van der Waals surface area contributed by atoms with E-state index in [0.29, 0.717) is 0 Å². The fourth-order valence-corrected chi connectivity index (χ4v) is 4.67. The van der Waals surface area contributed by atoms with Gasteiger partial charge in [-0.1, -0.05) is 30.3 Å². The molecule has 2 aliphatic heterocycles. The van der Waals surface area contributed by atoms with Crippen molar-refractivity contribution in [1.29, 1.82) is 0 Å². The van der Waals surface area contributed by atoms with Crippen LogP contribution in [0.1, 0.15) is 36.6 Å². The van der Waals surface area contributed by atoms with E-state index in [1.54, 1.807) is 4.68 Å². The Morgan fingerprint density at radius 3 is 2.64 bits per heavy atom. The number of nitrogens with zero attached hydrogens (tertiary/aromatic N) is 5. The van der Waals surface area contributed by atoms with Gasteiger partial charge in [-0.25, -0.2) is 9.97 Å². The lowest BCUT2D eigenvalue weighted by Crippen LogP contribution is -2.51. The maximum atomic E-state index is 12.7. The maximum absolute atomic E-state index is 12.7. The predicted octanol–water partition coefficient (Wildman–Crippen LogP) is 2.31. The Kier molecular flexibility index (Phi) is 3.86. The number of piperidine rings is 1. The maximum Gasteiger partial charge on any atom is 0.228 e. The molecule has 1 atom stereocenters. The Labute approximate surface area is 163 Å². The summed E-state index contributed by atoms with van der Waals surface area (Å²) in [4.78, 5) is 24.2. The molecule has 0 radical (unpaired) electrons. The minimum Gasteiger partial charge on any atom is -0.356 e. The average Bonchev–Trinajstić information content (AvgIpc) is 3.23. The van der Waals surface area contributed by atoms with Crippen LogP contribution in [0.25, 0.3) is 11.0 Å². The van der Waals surface area contributed by atoms with Crippen LogP contribution in [0, 0.1) is 6.92 Å². The van der Waals surface area contributed by atoms with E-state index in [4.69, 9.17) is 4.98 Å². The number of nitrogens with one attached hydrogen (secondary N) is 1. The number of amides is 1. The molecule has 5 rings (SSSR count). The van der Waals surface area contributed by atoms with Crippen molar-refractivity contribution < 1.29 is 4.79 Å². The summed E-state index contributed by atoms with van der Waals surface area (Å²) < 4.78 is 1.79. The summed E-state index contributed by atoms with van der Waals surface area (Å²) in [6, 6.07) is 10.1. The van der Waals surface area contributed by atoms with Crippen LogP contribution in [0.15, 0.2) is 36.5 Å². The molecular formula is C21H24N6O. The third kappa shape index (κ3) is 2.73. The van der Waals surface area contributed by atoms with Crippen molar-refractivity contribution in [3.05, 3.63) is 47.9 Å². The topological polar surface area (TPSA) is 75.9 Å². The van der Waals surface area contributed by atoms with Crippen LogP contribution >= 0.6 is 0 Å². The quantitative estimate of drug-likeness (QED) is 0.743. The van der Waals surface area contributed by atoms with Gasteiger partial charge in [-0.15, -0.1) is 0 Å². The van der Waals surface area contributed by atoms with Gasteiger partial charge in [0.15, 0.2) is 5.65 Å². The molecule has 1 N–H and O–H groups in total. The molecule has 1 amide bonds. The van der Waals surface area contributed by atoms with Gasteiger partial charge in [-0.05, 0) is 31.7 Å². The fourth-order valence-electron chi connectivity index (χ4n) is 4.67. The van der Waals surface area contributed by atoms with Crippen LogP contribution < -0.4 is 10.2 Å². The van der Waals surface area contributed by atoms with E-state index in [9.17, 15) is 4.79 Å². The Hall–Kier alpha value is -2.96. The first kappa shape index (κ1) is 17.2. The number of carbonyl (C=O) groups excluding carboxylic acids is 1. The zero-order valence-electron chi connectivity index (χ0n) is 16.2. The molecule has 3 aromatic rings. The van der Waals surface area contributed by atoms with E-state index in [-0.39, 0.29) is 17.4 Å². The Balaban J connectivity index is 1.37. The molecule has 2 saturated heterocycles. The third-order valence-electron chi connectivity index (χ3n) is 6.21. The number of fused-ring (bicyclic) bond motifs is 1. The Morgan fingerprint density at radius 1 is 1.14 bits per heavy atom. The first-order valence-electron chi connectivity index (χ1n) is 9.83. The normalized spacial score (nSPS) is 21.4. The zero-order valence-corrected chi connectivity index (χ0v) is 16.2. The van der Waals surface area contributed by atoms with Gasteiger partial charge < -0.3 is 10.2 Å². The summed E-state index contributed by atoms with van der Waals surface area (Å²) in [7, 11) is 1.90. The molecule has 0 unspecified atom stereocenters. The van der Waals surface area contributed by atoms with E-state index in [0.717, 1.165) is 60.6 Å². The molecule has 1 spiro atoms. The molecule has 7 nitrogen and oxygen atoms in total. The minimum absolute atomic E-state index is 0.0425. The molecule has 2 aromatic heterocycles. The van der Waals surface area contributed by atoms with E-state index in [2.05, 4.69) is 32.4 Å². The number of aryl methyl sites for hydroxylation is 2. The minimum atomic E-state index is -0.107. The lowest BCUT2D eigenvalue weighted by Gasteiger charge is -2.40. The molecule has 28 heavy (non-hydrogen) atoms. The lowest BCUT2D eigenvalue weighted by molar-refractivity contribution is -0.121. The molecule has 2 fully saturated rings. The number of hydrogen-bond donors (Lipinski definition) is 1. The highest BCUT2D eigenvalue weighted by Gasteiger charge is 2.46. The van der Waals surface area contributed by atoms with Gasteiger partial charge in [0.2, 0.25) is 5.91 Å². The molecule has 0 saturated carbocycles. The molecule has 0 aliphatic carbocycles. The molecule has 2 aliphatic rings. The van der Waals surface area contributed by atoms with Crippen molar-refractivity contribution in [2.24, 2.45) is 7.05 Å². The number of carbonyl (C=O) groups is 1. The van der Waals surface area contributed by atoms with Crippen LogP contribution in [0.3, 0.4) is 0 Å². The highest BCUT2D eigenvalue weighted by atomic mass is 16.2. The molecule has 4 heterocycles. The summed E-state index contributed by atoms with van der Waals surface area (Å²) >= 11 is 0. The number of hydrogen-bond acceptors (Lipinski definition) is 5. The molecule has 144 valence electrons. The highest BCUT2D eigenvalue weighted by Crippen LogP contribution is 2.40. The second kappa shape index (κ2) is 6.29. The predicted molar refractivity (Wildman–Crippen MR) is 107 cm³/mol. The first-order chi connectivity index (χ1) is 13.5. The first-order valence-corrected chi connectivity index (χ1v) is 9.83. The second-order valence-electron chi connectivity index (χ2n) is 8.02. The summed E-state index contributed by atoms with van der Waals surface area (Å²) in [6.45, 7) is 3.65. The molecule has 0 bridgehead atoms. The summed E-state index contributed by atoms with van der Waals surface area (Å²) in [5, 5.41) is 8.66. The number of aromatic nitrogens is 4. The zero-order chi connectivity index (χ0) is 19.3. The van der Waals surface area contributed by atoms with Crippen molar-refractivity contribution in [3.8, 4) is 0 Å². The van der Waals surface area contributed by atoms with Crippen molar-refractivity contribution in [1.82, 2.24) is 25.1 Å². The van der Waals surface area contributed by atoms with Crippen LogP contribution in [-0.4, -0.2) is 44.3 Å². The number of rotatable bonds is 2. The summed E-state index contributed by atoms with van der Waals surface area (Å²) in [6.07, 6.45) is 4.56. The van der Waals surface area contributed by atoms with Crippen LogP contribution in [0.2, 0.25) is 0 Å². The second-order valence-corrected chi connectivity index (χ2v) is 8.02. The Morgan fingerprint density at radius 2 is 1.89 bits per heavy atom. The fraction of sp³-hybridized carbons (Fsp3) is 0.429. The standard InChI is InChI=1S/C21H24N6O/c1-14-23-18-17(13-22-26(18)2)19(24-14)27-10-8-21(9-11-27)12-16(20(28)25-21)15-6-4-3-5-7-15/h3-7,13,16H,8-12H2,1-2H3,(H,25,28)/t16-/m1/s1. The summed E-state index contributed by atoms with van der Waals surface area (Å²) in [5.41, 5.74) is 1.87. The van der Waals surface area contributed by atoms with Gasteiger partial charge in [-0.3, -0.25) is 9.48 Å². The monoisotopic (exact) mass is 376 g/mol. The van der Waals surface area contributed by atoms with E-state index < -0.39 is 0 Å². The number of benzene rings is 1. The van der Waals surface area contributed by atoms with Gasteiger partial charge in [-0.2, -0.15) is 5.10 Å². The lowest BCUT2D eigenvalue weighted by atomic mass is 9.82. The van der Waals surface area contributed by atoms with Gasteiger partial charge in [0.1, 0.15) is 11.6 Å². The van der Waals surface area contributed by atoms with Crippen LogP contribution in [-0.2, 0) is 11.8 Å². The van der Waals surface area contributed by atoms with E-state index in [1.165, 1.54) is 0 Å². The van der Waals surface area contributed by atoms with Crippen molar-refractivity contribution in [2.75, 3.05) is 18.0 Å². The average molecular weight is 376 g/mol. The SMILES string of the molecule is Cc1nc(N2CCC3(CC2)C[C@H](c2ccccc2)C(=O)N3)c2cnn(C)c2n1. The van der Waals surface area contributed by atoms with Gasteiger partial charge in [0.05, 0.1) is 17.5 Å². The summed E-state index contributed by atoms with van der Waals surface area (Å²) in [5.74, 6) is 1.82. The van der Waals surface area contributed by atoms with Crippen molar-refractivity contribution >= 4 is 22.8 Å². The van der Waals surface area contributed by atoms with Crippen LogP contribution in [0.5, 0.6) is 0 Å². The Bertz CT molecular complexity index is 1040. The third-order valence-corrected chi connectivity index (χ3v) is 6.21. The van der Waals surface area contributed by atoms with E-state index in [1.807, 2.05) is 38.4 Å². The van der Waals surface area contributed by atoms with Gasteiger partial charge in [0.25, 0.3) is 0 Å². The van der Waals surface area contributed by atoms with Crippen molar-refractivity contribution in [2.45, 2.75) is 37.6 Å². The van der Waals surface area contributed by atoms with Gasteiger partial charge >= 0.3 is 0 Å². The van der Waals surface area contributed by atoms with E-state index >= 15 is 0 Å².